The number of carbonyl (C=O) groups is 1. The van der Waals surface area contributed by atoms with Gasteiger partial charge in [-0.05, 0) is 26.3 Å². The Morgan fingerprint density at radius 3 is 1.89 bits per heavy atom. The van der Waals surface area contributed by atoms with Crippen molar-refractivity contribution in [2.24, 2.45) is 5.41 Å². The maximum Gasteiger partial charge on any atom is 0.228 e. The Balaban J connectivity index is 2.98. The first-order valence-electron chi connectivity index (χ1n) is 6.48. The zero-order valence-electron chi connectivity index (χ0n) is 12.4. The summed E-state index contributed by atoms with van der Waals surface area (Å²) in [6.07, 6.45) is 0. The van der Waals surface area contributed by atoms with Gasteiger partial charge < -0.3 is 4.90 Å². The molecule has 0 N–H and O–H groups in total. The third-order valence-electron chi connectivity index (χ3n) is 2.88. The van der Waals surface area contributed by atoms with Gasteiger partial charge in [0.1, 0.15) is 0 Å². The summed E-state index contributed by atoms with van der Waals surface area (Å²) in [5.74, 6) is 0.193. The van der Waals surface area contributed by atoms with E-state index in [1.165, 1.54) is 5.56 Å². The van der Waals surface area contributed by atoms with Crippen LogP contribution in [0.2, 0.25) is 0 Å². The molecule has 2 heteroatoms. The number of rotatable bonds is 2. The maximum atomic E-state index is 12.5. The van der Waals surface area contributed by atoms with E-state index in [0.29, 0.717) is 6.54 Å². The van der Waals surface area contributed by atoms with Crippen LogP contribution in [0.15, 0.2) is 30.3 Å². The van der Waals surface area contributed by atoms with E-state index in [0.717, 1.165) is 0 Å². The highest BCUT2D eigenvalue weighted by atomic mass is 16.2. The van der Waals surface area contributed by atoms with Crippen molar-refractivity contribution < 1.29 is 4.79 Å². The molecule has 1 aromatic carbocycles. The fraction of sp³-hybridized carbons (Fsp3) is 0.562. The lowest BCUT2D eigenvalue weighted by Gasteiger charge is -2.39. The van der Waals surface area contributed by atoms with Crippen molar-refractivity contribution in [3.63, 3.8) is 0 Å². The summed E-state index contributed by atoms with van der Waals surface area (Å²) in [4.78, 5) is 14.5. The lowest BCUT2D eigenvalue weighted by atomic mass is 9.91. The molecule has 18 heavy (non-hydrogen) atoms. The van der Waals surface area contributed by atoms with Gasteiger partial charge in [-0.2, -0.15) is 0 Å². The average molecular weight is 247 g/mol. The zero-order valence-corrected chi connectivity index (χ0v) is 12.4. The second kappa shape index (κ2) is 5.13. The van der Waals surface area contributed by atoms with Crippen LogP contribution in [-0.4, -0.2) is 16.3 Å². The topological polar surface area (TPSA) is 20.3 Å². The quantitative estimate of drug-likeness (QED) is 0.777. The molecular formula is C16H25NO. The molecule has 100 valence electrons. The second-order valence-corrected chi connectivity index (χ2v) is 6.80. The molecule has 0 aromatic heterocycles. The first-order chi connectivity index (χ1) is 8.12. The fourth-order valence-corrected chi connectivity index (χ4v) is 1.78. The highest BCUT2D eigenvalue weighted by molar-refractivity contribution is 5.82. The molecular weight excluding hydrogens is 222 g/mol. The molecule has 0 aliphatic carbocycles. The lowest BCUT2D eigenvalue weighted by molar-refractivity contribution is -0.145. The molecule has 0 heterocycles. The number of amides is 1. The van der Waals surface area contributed by atoms with Gasteiger partial charge in [0.2, 0.25) is 5.91 Å². The Hall–Kier alpha value is -1.31. The van der Waals surface area contributed by atoms with E-state index in [1.807, 2.05) is 43.9 Å². The molecule has 1 aromatic rings. The average Bonchev–Trinajstić information content (AvgIpc) is 2.23. The lowest BCUT2D eigenvalue weighted by Crippen LogP contribution is -2.49. The molecule has 0 bridgehead atoms. The molecule has 0 atom stereocenters. The second-order valence-electron chi connectivity index (χ2n) is 6.80. The number of carbonyl (C=O) groups excluding carboxylic acids is 1. The highest BCUT2D eigenvalue weighted by Crippen LogP contribution is 2.25. The molecule has 2 nitrogen and oxygen atoms in total. The van der Waals surface area contributed by atoms with E-state index in [4.69, 9.17) is 0 Å². The summed E-state index contributed by atoms with van der Waals surface area (Å²) >= 11 is 0. The van der Waals surface area contributed by atoms with Crippen LogP contribution in [-0.2, 0) is 11.3 Å². The van der Waals surface area contributed by atoms with E-state index >= 15 is 0 Å². The first kappa shape index (κ1) is 14.7. The van der Waals surface area contributed by atoms with Gasteiger partial charge in [-0.3, -0.25) is 4.79 Å². The van der Waals surface area contributed by atoms with Crippen LogP contribution in [0.4, 0.5) is 0 Å². The monoisotopic (exact) mass is 247 g/mol. The third kappa shape index (κ3) is 3.86. The minimum Gasteiger partial charge on any atom is -0.333 e. The van der Waals surface area contributed by atoms with Crippen molar-refractivity contribution in [1.29, 1.82) is 0 Å². The molecule has 0 spiro atoms. The normalized spacial score (nSPS) is 12.3. The number of hydrogen-bond donors (Lipinski definition) is 0. The molecule has 0 unspecified atom stereocenters. The first-order valence-corrected chi connectivity index (χ1v) is 6.48. The predicted molar refractivity (Wildman–Crippen MR) is 76.2 cm³/mol. The molecule has 1 rings (SSSR count). The summed E-state index contributed by atoms with van der Waals surface area (Å²) < 4.78 is 0. The molecule has 0 aliphatic heterocycles. The summed E-state index contributed by atoms with van der Waals surface area (Å²) in [5, 5.41) is 0. The minimum absolute atomic E-state index is 0.166. The van der Waals surface area contributed by atoms with Crippen molar-refractivity contribution in [3.05, 3.63) is 35.9 Å². The van der Waals surface area contributed by atoms with Gasteiger partial charge in [-0.25, -0.2) is 0 Å². The van der Waals surface area contributed by atoms with Gasteiger partial charge in [0.05, 0.1) is 0 Å². The Kier molecular flexibility index (Phi) is 4.20. The van der Waals surface area contributed by atoms with E-state index in [2.05, 4.69) is 32.9 Å². The molecule has 1 amide bonds. The van der Waals surface area contributed by atoms with Gasteiger partial charge in [-0.1, -0.05) is 51.1 Å². The number of benzene rings is 1. The van der Waals surface area contributed by atoms with E-state index in [1.54, 1.807) is 0 Å². The van der Waals surface area contributed by atoms with Crippen LogP contribution in [0.25, 0.3) is 0 Å². The molecule has 0 fully saturated rings. The Morgan fingerprint density at radius 1 is 1.00 bits per heavy atom. The van der Waals surface area contributed by atoms with Gasteiger partial charge in [0.25, 0.3) is 0 Å². The van der Waals surface area contributed by atoms with Gasteiger partial charge >= 0.3 is 0 Å². The van der Waals surface area contributed by atoms with E-state index < -0.39 is 0 Å². The third-order valence-corrected chi connectivity index (χ3v) is 2.88. The van der Waals surface area contributed by atoms with Gasteiger partial charge in [0.15, 0.2) is 0 Å². The van der Waals surface area contributed by atoms with Crippen LogP contribution >= 0.6 is 0 Å². The van der Waals surface area contributed by atoms with Crippen LogP contribution in [0.1, 0.15) is 47.1 Å². The van der Waals surface area contributed by atoms with E-state index in [-0.39, 0.29) is 16.9 Å². The van der Waals surface area contributed by atoms with Crippen molar-refractivity contribution in [2.45, 2.75) is 53.6 Å². The SMILES string of the molecule is CC(C)(C)C(=O)N(Cc1ccccc1)C(C)(C)C. The standard InChI is InChI=1S/C16H25NO/c1-15(2,3)14(18)17(16(4,5)6)12-13-10-8-7-9-11-13/h7-11H,12H2,1-6H3. The maximum absolute atomic E-state index is 12.5. The zero-order chi connectivity index (χ0) is 14.0. The van der Waals surface area contributed by atoms with Crippen molar-refractivity contribution in [1.82, 2.24) is 4.90 Å². The molecule has 0 radical (unpaired) electrons. The van der Waals surface area contributed by atoms with Crippen LogP contribution in [0.5, 0.6) is 0 Å². The van der Waals surface area contributed by atoms with Crippen LogP contribution in [0, 0.1) is 5.41 Å². The number of nitrogens with zero attached hydrogens (tertiary/aromatic N) is 1. The van der Waals surface area contributed by atoms with Gasteiger partial charge in [0, 0.05) is 17.5 Å². The van der Waals surface area contributed by atoms with Crippen molar-refractivity contribution in [2.75, 3.05) is 0 Å². The Bertz CT molecular complexity index is 395. The van der Waals surface area contributed by atoms with Crippen molar-refractivity contribution in [3.8, 4) is 0 Å². The summed E-state index contributed by atoms with van der Waals surface area (Å²) in [6.45, 7) is 12.8. The summed E-state index contributed by atoms with van der Waals surface area (Å²) in [6, 6.07) is 10.1. The summed E-state index contributed by atoms with van der Waals surface area (Å²) in [5.41, 5.74) is 0.660. The largest absolute Gasteiger partial charge is 0.333 e. The molecule has 0 saturated heterocycles. The summed E-state index contributed by atoms with van der Waals surface area (Å²) in [7, 11) is 0. The molecule has 0 saturated carbocycles. The fourth-order valence-electron chi connectivity index (χ4n) is 1.78. The van der Waals surface area contributed by atoms with Gasteiger partial charge in [-0.15, -0.1) is 0 Å². The van der Waals surface area contributed by atoms with Crippen LogP contribution in [0.3, 0.4) is 0 Å². The Labute approximate surface area is 111 Å². The number of hydrogen-bond acceptors (Lipinski definition) is 1. The molecule has 0 aliphatic rings. The Morgan fingerprint density at radius 2 is 1.50 bits per heavy atom. The minimum atomic E-state index is -0.345. The predicted octanol–water partition coefficient (Wildman–Crippen LogP) is 3.86. The van der Waals surface area contributed by atoms with E-state index in [9.17, 15) is 4.79 Å². The smallest absolute Gasteiger partial charge is 0.228 e. The van der Waals surface area contributed by atoms with Crippen molar-refractivity contribution >= 4 is 5.91 Å². The highest BCUT2D eigenvalue weighted by Gasteiger charge is 2.33. The van der Waals surface area contributed by atoms with Crippen LogP contribution < -0.4 is 0 Å².